The number of hydrogen-bond donors (Lipinski definition) is 3. The fraction of sp³-hybridized carbons (Fsp3) is 0. The second-order valence-corrected chi connectivity index (χ2v) is 7.58. The summed E-state index contributed by atoms with van der Waals surface area (Å²) in [4.78, 5) is 15.8. The summed E-state index contributed by atoms with van der Waals surface area (Å²) >= 11 is 6.10. The van der Waals surface area contributed by atoms with Crippen molar-refractivity contribution >= 4 is 44.8 Å². The zero-order valence-electron chi connectivity index (χ0n) is 14.1. The van der Waals surface area contributed by atoms with Crippen LogP contribution in [-0.4, -0.2) is 40.7 Å². The second kappa shape index (κ2) is 7.37. The summed E-state index contributed by atoms with van der Waals surface area (Å²) in [5, 5.41) is 24.6. The summed E-state index contributed by atoms with van der Waals surface area (Å²) < 4.78 is 13.1. The molecule has 3 N–H and O–H groups in total. The molecule has 140 valence electrons. The second-order valence-electron chi connectivity index (χ2n) is 5.73. The third-order valence-electron chi connectivity index (χ3n) is 3.96. The summed E-state index contributed by atoms with van der Waals surface area (Å²) in [6.07, 6.45) is 0.958. The highest BCUT2D eigenvalue weighted by atomic mass is 35.5. The summed E-state index contributed by atoms with van der Waals surface area (Å²) in [7, 11) is -1.63. The third kappa shape index (κ3) is 3.32. The van der Waals surface area contributed by atoms with Crippen LogP contribution in [0.3, 0.4) is 0 Å². The molecule has 0 saturated carbocycles. The number of ketones is 1. The number of hydrogen-bond acceptors (Lipinski definition) is 6. The lowest BCUT2D eigenvalue weighted by atomic mass is 10.1. The van der Waals surface area contributed by atoms with Gasteiger partial charge in [0.25, 0.3) is 0 Å². The van der Waals surface area contributed by atoms with Crippen molar-refractivity contribution in [3.63, 3.8) is 0 Å². The lowest BCUT2D eigenvalue weighted by molar-refractivity contribution is 0.103. The zero-order chi connectivity index (χ0) is 19.7. The number of carbonyl (C=O) groups is 1. The number of H-pyrrole nitrogens is 2. The van der Waals surface area contributed by atoms with Crippen LogP contribution < -0.4 is 0 Å². The van der Waals surface area contributed by atoms with Crippen LogP contribution in [-0.2, 0) is 10.8 Å². The number of aliphatic hydroxyl groups excluding tert-OH is 1. The first-order chi connectivity index (χ1) is 13.5. The SMILES string of the molecule is O=C(/C=C(\O)c1c(S(=O)c2ccccc2)[nH]c2ccc(Cl)cc12)c1nn[nH]n1. The van der Waals surface area contributed by atoms with Gasteiger partial charge in [0.15, 0.2) is 0 Å². The lowest BCUT2D eigenvalue weighted by Gasteiger charge is -2.05. The van der Waals surface area contributed by atoms with Gasteiger partial charge in [0.2, 0.25) is 11.6 Å². The average molecular weight is 414 g/mol. The standard InChI is InChI=1S/C18H12ClN5O3S/c19-10-6-7-13-12(8-10)16(14(25)9-15(26)17-21-23-24-22-17)18(20-13)28(27)11-4-2-1-3-5-11/h1-9,20,25H,(H,21,22,23,24)/b14-9-. The first-order valence-electron chi connectivity index (χ1n) is 8.01. The Morgan fingerprint density at radius 1 is 1.18 bits per heavy atom. The van der Waals surface area contributed by atoms with Gasteiger partial charge in [-0.15, -0.1) is 10.2 Å². The Kier molecular flexibility index (Phi) is 4.76. The number of fused-ring (bicyclic) bond motifs is 1. The van der Waals surface area contributed by atoms with E-state index in [1.165, 1.54) is 0 Å². The molecule has 0 radical (unpaired) electrons. The maximum absolute atomic E-state index is 13.1. The van der Waals surface area contributed by atoms with E-state index in [1.54, 1.807) is 42.5 Å². The van der Waals surface area contributed by atoms with Gasteiger partial charge in [-0.05, 0) is 35.5 Å². The summed E-state index contributed by atoms with van der Waals surface area (Å²) in [5.41, 5.74) is 0.835. The number of tetrazole rings is 1. The van der Waals surface area contributed by atoms with Crippen molar-refractivity contribution < 1.29 is 14.1 Å². The Balaban J connectivity index is 1.89. The smallest absolute Gasteiger partial charge is 0.244 e. The van der Waals surface area contributed by atoms with Crippen LogP contribution in [0.5, 0.6) is 0 Å². The first-order valence-corrected chi connectivity index (χ1v) is 9.54. The van der Waals surface area contributed by atoms with E-state index in [0.29, 0.717) is 20.8 Å². The molecule has 1 atom stereocenters. The van der Waals surface area contributed by atoms with Crippen molar-refractivity contribution in [1.82, 2.24) is 25.6 Å². The minimum Gasteiger partial charge on any atom is -0.507 e. The molecule has 0 bridgehead atoms. The number of rotatable bonds is 5. The molecule has 0 spiro atoms. The quantitative estimate of drug-likeness (QED) is 0.262. The fourth-order valence-corrected chi connectivity index (χ4v) is 4.14. The van der Waals surface area contributed by atoms with Crippen molar-refractivity contribution in [3.05, 3.63) is 71.0 Å². The molecule has 0 aliphatic heterocycles. The number of halogens is 1. The van der Waals surface area contributed by atoms with Crippen molar-refractivity contribution in [3.8, 4) is 0 Å². The van der Waals surface area contributed by atoms with Crippen LogP contribution in [0.25, 0.3) is 16.7 Å². The van der Waals surface area contributed by atoms with E-state index in [-0.39, 0.29) is 22.2 Å². The average Bonchev–Trinajstić information content (AvgIpc) is 3.36. The van der Waals surface area contributed by atoms with E-state index in [1.807, 2.05) is 6.07 Å². The van der Waals surface area contributed by atoms with Crippen molar-refractivity contribution in [2.75, 3.05) is 0 Å². The van der Waals surface area contributed by atoms with Crippen LogP contribution >= 0.6 is 11.6 Å². The number of carbonyl (C=O) groups excluding carboxylic acids is 1. The summed E-state index contributed by atoms with van der Waals surface area (Å²) in [6.45, 7) is 0. The predicted molar refractivity (Wildman–Crippen MR) is 104 cm³/mol. The van der Waals surface area contributed by atoms with Gasteiger partial charge < -0.3 is 10.1 Å². The van der Waals surface area contributed by atoms with Gasteiger partial charge in [-0.2, -0.15) is 5.21 Å². The summed E-state index contributed by atoms with van der Waals surface area (Å²) in [5.74, 6) is -1.24. The highest BCUT2D eigenvalue weighted by Gasteiger charge is 2.22. The van der Waals surface area contributed by atoms with Gasteiger partial charge in [0, 0.05) is 26.9 Å². The molecule has 8 nitrogen and oxygen atoms in total. The molecule has 1 unspecified atom stereocenters. The van der Waals surface area contributed by atoms with Crippen molar-refractivity contribution in [2.45, 2.75) is 9.92 Å². The highest BCUT2D eigenvalue weighted by molar-refractivity contribution is 7.85. The Morgan fingerprint density at radius 2 is 1.96 bits per heavy atom. The van der Waals surface area contributed by atoms with Gasteiger partial charge >= 0.3 is 0 Å². The molecule has 0 aliphatic carbocycles. The van der Waals surface area contributed by atoms with Crippen molar-refractivity contribution in [2.24, 2.45) is 0 Å². The van der Waals surface area contributed by atoms with Gasteiger partial charge in [0.05, 0.1) is 5.56 Å². The molecule has 28 heavy (non-hydrogen) atoms. The normalized spacial score (nSPS) is 13.0. The number of nitrogens with one attached hydrogen (secondary N) is 2. The molecule has 0 amide bonds. The molecule has 2 aromatic heterocycles. The van der Waals surface area contributed by atoms with Gasteiger partial charge in [0.1, 0.15) is 21.6 Å². The molecule has 0 fully saturated rings. The number of benzene rings is 2. The Labute approximate surface area is 165 Å². The van der Waals surface area contributed by atoms with Crippen LogP contribution in [0.4, 0.5) is 0 Å². The monoisotopic (exact) mass is 413 g/mol. The Hall–Kier alpha value is -3.30. The number of aliphatic hydroxyl groups is 1. The van der Waals surface area contributed by atoms with E-state index < -0.39 is 16.6 Å². The molecular formula is C18H12ClN5O3S. The number of aromatic nitrogens is 5. The maximum atomic E-state index is 13.1. The van der Waals surface area contributed by atoms with Crippen LogP contribution in [0.15, 0.2) is 64.5 Å². The highest BCUT2D eigenvalue weighted by Crippen LogP contribution is 2.33. The van der Waals surface area contributed by atoms with E-state index in [9.17, 15) is 14.1 Å². The van der Waals surface area contributed by atoms with Crippen LogP contribution in [0, 0.1) is 0 Å². The molecule has 2 heterocycles. The third-order valence-corrected chi connectivity index (χ3v) is 5.57. The number of aromatic amines is 2. The maximum Gasteiger partial charge on any atom is 0.244 e. The van der Waals surface area contributed by atoms with Gasteiger partial charge in [-0.3, -0.25) is 4.79 Å². The summed E-state index contributed by atoms with van der Waals surface area (Å²) in [6, 6.07) is 13.8. The van der Waals surface area contributed by atoms with E-state index in [2.05, 4.69) is 25.6 Å². The molecule has 0 saturated heterocycles. The van der Waals surface area contributed by atoms with Crippen LogP contribution in [0.2, 0.25) is 5.02 Å². The largest absolute Gasteiger partial charge is 0.507 e. The Morgan fingerprint density at radius 3 is 2.68 bits per heavy atom. The molecule has 0 aliphatic rings. The number of allylic oxidation sites excluding steroid dienone is 1. The fourth-order valence-electron chi connectivity index (χ4n) is 2.72. The zero-order valence-corrected chi connectivity index (χ0v) is 15.7. The first kappa shape index (κ1) is 18.1. The molecular weight excluding hydrogens is 402 g/mol. The molecule has 10 heteroatoms. The molecule has 4 rings (SSSR count). The van der Waals surface area contributed by atoms with Crippen LogP contribution in [0.1, 0.15) is 16.2 Å². The Bertz CT molecular complexity index is 1220. The lowest BCUT2D eigenvalue weighted by Crippen LogP contribution is -2.02. The minimum absolute atomic E-state index is 0.199. The van der Waals surface area contributed by atoms with E-state index in [0.717, 1.165) is 6.08 Å². The van der Waals surface area contributed by atoms with Gasteiger partial charge in [-0.1, -0.05) is 29.8 Å². The molecule has 4 aromatic rings. The van der Waals surface area contributed by atoms with Crippen molar-refractivity contribution in [1.29, 1.82) is 0 Å². The minimum atomic E-state index is -1.63. The van der Waals surface area contributed by atoms with Gasteiger partial charge in [-0.25, -0.2) is 4.21 Å². The predicted octanol–water partition coefficient (Wildman–Crippen LogP) is 3.28. The van der Waals surface area contributed by atoms with E-state index >= 15 is 0 Å². The van der Waals surface area contributed by atoms with E-state index in [4.69, 9.17) is 11.6 Å². The molecule has 2 aromatic carbocycles. The number of nitrogens with zero attached hydrogens (tertiary/aromatic N) is 3. The topological polar surface area (TPSA) is 125 Å².